The molecule has 0 aromatic heterocycles. The summed E-state index contributed by atoms with van der Waals surface area (Å²) in [5.74, 6) is -0.0324. The fourth-order valence-corrected chi connectivity index (χ4v) is 5.46. The molecule has 0 spiro atoms. The van der Waals surface area contributed by atoms with E-state index in [0.717, 1.165) is 49.8 Å². The molecule has 2 aliphatic rings. The number of rotatable bonds is 12. The van der Waals surface area contributed by atoms with E-state index in [-0.39, 0.29) is 22.9 Å². The van der Waals surface area contributed by atoms with Crippen molar-refractivity contribution in [1.29, 1.82) is 0 Å². The molecule has 174 valence electrons. The fraction of sp³-hybridized carbons (Fsp3) is 0.958. The van der Waals surface area contributed by atoms with Crippen molar-refractivity contribution >= 4 is 5.97 Å². The fourth-order valence-electron chi connectivity index (χ4n) is 5.46. The number of aliphatic hydroxyl groups excluding tert-OH is 1. The largest absolute Gasteiger partial charge is 1.00 e. The van der Waals surface area contributed by atoms with Gasteiger partial charge < -0.3 is 36.5 Å². The lowest BCUT2D eigenvalue weighted by molar-refractivity contribution is -0.925. The smallest absolute Gasteiger partial charge is 0.102 e. The molecule has 2 rings (SSSR count). The summed E-state index contributed by atoms with van der Waals surface area (Å²) in [5.41, 5.74) is 0. The molecule has 2 fully saturated rings. The van der Waals surface area contributed by atoms with Crippen LogP contribution in [0.4, 0.5) is 0 Å². The first kappa shape index (κ1) is 28.9. The zero-order valence-corrected chi connectivity index (χ0v) is 20.9. The van der Waals surface area contributed by atoms with E-state index in [1.54, 1.807) is 0 Å². The molecule has 5 heteroatoms. The van der Waals surface area contributed by atoms with Gasteiger partial charge in [-0.1, -0.05) is 45.4 Å². The lowest BCUT2D eigenvalue weighted by Crippen LogP contribution is -3.00. The van der Waals surface area contributed by atoms with Crippen LogP contribution >= 0.6 is 0 Å². The molecule has 29 heavy (non-hydrogen) atoms. The SMILES string of the molecule is CCCCCC[N+](CC)(CC)CCO.O=C([O-])C(C1CCCC1)C1CCCC1.[Br-]. The number of aliphatic carboxylic acids is 1. The molecule has 0 saturated heterocycles. The van der Waals surface area contributed by atoms with Gasteiger partial charge in [0.05, 0.1) is 26.2 Å². The van der Waals surface area contributed by atoms with Crippen LogP contribution in [0.1, 0.15) is 97.8 Å². The van der Waals surface area contributed by atoms with Gasteiger partial charge in [-0.2, -0.15) is 0 Å². The predicted octanol–water partition coefficient (Wildman–Crippen LogP) is 1.15. The zero-order valence-electron chi connectivity index (χ0n) is 19.3. The average molecular weight is 478 g/mol. The Morgan fingerprint density at radius 1 is 0.897 bits per heavy atom. The van der Waals surface area contributed by atoms with Crippen LogP contribution in [0, 0.1) is 17.8 Å². The number of carboxylic acid groups (broad SMARTS) is 1. The van der Waals surface area contributed by atoms with Crippen LogP contribution in [0.2, 0.25) is 0 Å². The Morgan fingerprint density at radius 3 is 1.72 bits per heavy atom. The predicted molar refractivity (Wildman–Crippen MR) is 115 cm³/mol. The molecule has 2 saturated carbocycles. The molecular formula is C24H47BrNO3-. The molecule has 4 nitrogen and oxygen atoms in total. The van der Waals surface area contributed by atoms with Crippen LogP contribution in [0.15, 0.2) is 0 Å². The lowest BCUT2D eigenvalue weighted by atomic mass is 9.79. The first-order chi connectivity index (χ1) is 13.5. The van der Waals surface area contributed by atoms with Gasteiger partial charge in [0.25, 0.3) is 0 Å². The van der Waals surface area contributed by atoms with Gasteiger partial charge in [-0.25, -0.2) is 0 Å². The van der Waals surface area contributed by atoms with Crippen LogP contribution in [-0.4, -0.2) is 48.3 Å². The Balaban J connectivity index is 0.000000523. The van der Waals surface area contributed by atoms with E-state index in [1.807, 2.05) is 0 Å². The molecule has 0 aliphatic heterocycles. The number of likely N-dealkylation sites (N-methyl/N-ethyl adjacent to an activating group) is 1. The van der Waals surface area contributed by atoms with Crippen molar-refractivity contribution in [3.8, 4) is 0 Å². The molecule has 2 aliphatic carbocycles. The van der Waals surface area contributed by atoms with Crippen molar-refractivity contribution in [3.63, 3.8) is 0 Å². The third-order valence-electron chi connectivity index (χ3n) is 7.49. The summed E-state index contributed by atoms with van der Waals surface area (Å²) in [6.45, 7) is 11.5. The Morgan fingerprint density at radius 2 is 1.38 bits per heavy atom. The first-order valence-electron chi connectivity index (χ1n) is 12.2. The van der Waals surface area contributed by atoms with Crippen LogP contribution in [0.3, 0.4) is 0 Å². The minimum atomic E-state index is -0.774. The Kier molecular flexibility index (Phi) is 16.5. The second-order valence-electron chi connectivity index (χ2n) is 9.14. The quantitative estimate of drug-likeness (QED) is 0.339. The maximum absolute atomic E-state index is 11.2. The third kappa shape index (κ3) is 10.1. The maximum atomic E-state index is 11.2. The Labute approximate surface area is 190 Å². The van der Waals surface area contributed by atoms with Crippen molar-refractivity contribution in [3.05, 3.63) is 0 Å². The Hall–Kier alpha value is -0.130. The molecule has 0 bridgehead atoms. The van der Waals surface area contributed by atoms with E-state index in [0.29, 0.717) is 18.4 Å². The molecule has 0 aromatic rings. The van der Waals surface area contributed by atoms with Gasteiger partial charge >= 0.3 is 0 Å². The van der Waals surface area contributed by atoms with E-state index in [2.05, 4.69) is 20.8 Å². The van der Waals surface area contributed by atoms with Crippen molar-refractivity contribution in [2.75, 3.05) is 32.8 Å². The van der Waals surface area contributed by atoms with Crippen molar-refractivity contribution in [2.24, 2.45) is 17.8 Å². The molecule has 0 heterocycles. The minimum absolute atomic E-state index is 0. The second kappa shape index (κ2) is 16.5. The topological polar surface area (TPSA) is 60.4 Å². The first-order valence-corrected chi connectivity index (χ1v) is 12.2. The summed E-state index contributed by atoms with van der Waals surface area (Å²) < 4.78 is 1.10. The molecule has 0 radical (unpaired) electrons. The normalized spacial score (nSPS) is 17.8. The highest BCUT2D eigenvalue weighted by Gasteiger charge is 2.33. The van der Waals surface area contributed by atoms with E-state index < -0.39 is 5.97 Å². The number of carbonyl (C=O) groups excluding carboxylic acids is 1. The average Bonchev–Trinajstić information content (AvgIpc) is 3.40. The van der Waals surface area contributed by atoms with E-state index in [4.69, 9.17) is 5.11 Å². The van der Waals surface area contributed by atoms with Gasteiger partial charge in [0, 0.05) is 11.9 Å². The summed E-state index contributed by atoms with van der Waals surface area (Å²) in [6.07, 6.45) is 14.7. The molecule has 0 aromatic carbocycles. The Bertz CT molecular complexity index is 387. The van der Waals surface area contributed by atoms with Crippen molar-refractivity contribution in [1.82, 2.24) is 0 Å². The number of hydrogen-bond acceptors (Lipinski definition) is 3. The number of halogens is 1. The number of hydrogen-bond donors (Lipinski definition) is 1. The maximum Gasteiger partial charge on any atom is 0.102 e. The summed E-state index contributed by atoms with van der Waals surface area (Å²) in [7, 11) is 0. The number of carbonyl (C=O) groups is 1. The summed E-state index contributed by atoms with van der Waals surface area (Å²) in [5, 5.41) is 20.2. The van der Waals surface area contributed by atoms with Gasteiger partial charge in [-0.3, -0.25) is 0 Å². The highest BCUT2D eigenvalue weighted by Crippen LogP contribution is 2.41. The van der Waals surface area contributed by atoms with Crippen LogP contribution < -0.4 is 22.1 Å². The molecular weight excluding hydrogens is 430 g/mol. The van der Waals surface area contributed by atoms with Crippen molar-refractivity contribution < 1.29 is 36.5 Å². The van der Waals surface area contributed by atoms with E-state index in [1.165, 1.54) is 57.9 Å². The molecule has 1 N–H and O–H groups in total. The third-order valence-corrected chi connectivity index (χ3v) is 7.49. The summed E-state index contributed by atoms with van der Waals surface area (Å²) in [6, 6.07) is 0. The lowest BCUT2D eigenvalue weighted by Gasteiger charge is -2.36. The summed E-state index contributed by atoms with van der Waals surface area (Å²) >= 11 is 0. The summed E-state index contributed by atoms with van der Waals surface area (Å²) in [4.78, 5) is 11.2. The molecule has 0 unspecified atom stereocenters. The van der Waals surface area contributed by atoms with E-state index >= 15 is 0 Å². The van der Waals surface area contributed by atoms with Crippen LogP contribution in [-0.2, 0) is 4.79 Å². The standard InChI is InChI=1S/C12H28NO.C12H20O2.BrH/c1-4-7-8-9-10-13(5-2,6-3)11-12-14;13-12(14)11(9-5-1-2-6-9)10-7-3-4-8-10;/h14H,4-12H2,1-3H3;9-11H,1-8H2,(H,13,14);1H/q+1;;/p-2. The minimum Gasteiger partial charge on any atom is -1.00 e. The molecule has 0 atom stereocenters. The van der Waals surface area contributed by atoms with Crippen molar-refractivity contribution in [2.45, 2.75) is 97.8 Å². The number of nitrogens with zero attached hydrogens (tertiary/aromatic N) is 1. The highest BCUT2D eigenvalue weighted by atomic mass is 79.9. The van der Waals surface area contributed by atoms with Gasteiger partial charge in [-0.15, -0.1) is 0 Å². The van der Waals surface area contributed by atoms with Gasteiger partial charge in [-0.05, 0) is 64.2 Å². The number of unbranched alkanes of at least 4 members (excludes halogenated alkanes) is 3. The van der Waals surface area contributed by atoms with E-state index in [9.17, 15) is 9.90 Å². The van der Waals surface area contributed by atoms with Gasteiger partial charge in [0.2, 0.25) is 0 Å². The highest BCUT2D eigenvalue weighted by molar-refractivity contribution is 5.68. The second-order valence-corrected chi connectivity index (χ2v) is 9.14. The number of quaternary nitrogens is 1. The van der Waals surface area contributed by atoms with Crippen LogP contribution in [0.25, 0.3) is 0 Å². The monoisotopic (exact) mass is 476 g/mol. The van der Waals surface area contributed by atoms with Crippen LogP contribution in [0.5, 0.6) is 0 Å². The molecule has 0 amide bonds. The van der Waals surface area contributed by atoms with Gasteiger partial charge in [0.15, 0.2) is 0 Å². The number of aliphatic hydroxyl groups is 1. The van der Waals surface area contributed by atoms with Gasteiger partial charge in [0.1, 0.15) is 6.54 Å². The zero-order chi connectivity index (χ0) is 20.8. The number of carboxylic acids is 1.